The molecule has 0 unspecified atom stereocenters. The number of nitrogens with zero attached hydrogens (tertiary/aromatic N) is 1. The van der Waals surface area contributed by atoms with Gasteiger partial charge in [-0.15, -0.1) is 6.58 Å². The summed E-state index contributed by atoms with van der Waals surface area (Å²) in [6.07, 6.45) is 4.08. The van der Waals surface area contributed by atoms with E-state index in [-0.39, 0.29) is 0 Å². The lowest BCUT2D eigenvalue weighted by molar-refractivity contribution is 0.385. The van der Waals surface area contributed by atoms with Crippen LogP contribution in [0.2, 0.25) is 0 Å². The molecule has 1 heterocycles. The fourth-order valence-electron chi connectivity index (χ4n) is 0.859. The zero-order chi connectivity index (χ0) is 8.10. The minimum atomic E-state index is 0.493. The number of nitrogens with one attached hydrogen (secondary N) is 1. The van der Waals surface area contributed by atoms with E-state index in [1.54, 1.807) is 12.3 Å². The maximum Gasteiger partial charge on any atom is 0.152 e. The standard InChI is InChI=1S/C8H10N2O/c1-2-4-7-5-3-6-9-8(7)10-11/h2-3,5-6,11H,1,4H2,(H,9,10). The third-order valence-electron chi connectivity index (χ3n) is 1.36. The molecule has 1 aromatic heterocycles. The quantitative estimate of drug-likeness (QED) is 0.508. The van der Waals surface area contributed by atoms with Crippen molar-refractivity contribution in [3.63, 3.8) is 0 Å². The van der Waals surface area contributed by atoms with Gasteiger partial charge in [0.25, 0.3) is 0 Å². The molecule has 0 aliphatic rings. The molecule has 0 saturated carbocycles. The molecule has 3 nitrogen and oxygen atoms in total. The van der Waals surface area contributed by atoms with Crippen LogP contribution < -0.4 is 5.48 Å². The van der Waals surface area contributed by atoms with Crippen molar-refractivity contribution in [3.05, 3.63) is 36.5 Å². The first kappa shape index (κ1) is 7.75. The highest BCUT2D eigenvalue weighted by atomic mass is 16.5. The third kappa shape index (κ3) is 1.78. The summed E-state index contributed by atoms with van der Waals surface area (Å²) in [7, 11) is 0. The molecule has 11 heavy (non-hydrogen) atoms. The summed E-state index contributed by atoms with van der Waals surface area (Å²) in [5.74, 6) is 0.493. The van der Waals surface area contributed by atoms with Crippen LogP contribution in [-0.4, -0.2) is 10.2 Å². The van der Waals surface area contributed by atoms with Crippen LogP contribution in [0.25, 0.3) is 0 Å². The van der Waals surface area contributed by atoms with Crippen LogP contribution in [0.1, 0.15) is 5.56 Å². The van der Waals surface area contributed by atoms with Crippen LogP contribution >= 0.6 is 0 Å². The Morgan fingerprint density at radius 1 is 1.73 bits per heavy atom. The van der Waals surface area contributed by atoms with E-state index in [4.69, 9.17) is 5.21 Å². The monoisotopic (exact) mass is 150 g/mol. The maximum atomic E-state index is 8.60. The van der Waals surface area contributed by atoms with Crippen molar-refractivity contribution in [2.75, 3.05) is 5.48 Å². The SMILES string of the molecule is C=CCc1cccnc1NO. The van der Waals surface area contributed by atoms with Crippen LogP contribution in [0.4, 0.5) is 5.82 Å². The lowest BCUT2D eigenvalue weighted by Gasteiger charge is -2.02. The normalized spacial score (nSPS) is 9.18. The average Bonchev–Trinajstić information content (AvgIpc) is 2.06. The topological polar surface area (TPSA) is 45.2 Å². The first-order valence-corrected chi connectivity index (χ1v) is 3.33. The van der Waals surface area contributed by atoms with E-state index in [0.717, 1.165) is 5.56 Å². The predicted octanol–water partition coefficient (Wildman–Crippen LogP) is 1.61. The van der Waals surface area contributed by atoms with E-state index < -0.39 is 0 Å². The number of hydrogen-bond acceptors (Lipinski definition) is 3. The minimum Gasteiger partial charge on any atom is -0.290 e. The van der Waals surface area contributed by atoms with Gasteiger partial charge in [-0.1, -0.05) is 12.1 Å². The summed E-state index contributed by atoms with van der Waals surface area (Å²) in [5, 5.41) is 8.60. The molecule has 0 saturated heterocycles. The number of hydrogen-bond donors (Lipinski definition) is 2. The van der Waals surface area contributed by atoms with Crippen LogP contribution in [0.15, 0.2) is 31.0 Å². The average molecular weight is 150 g/mol. The van der Waals surface area contributed by atoms with E-state index in [1.165, 1.54) is 0 Å². The Labute approximate surface area is 65.4 Å². The number of anilines is 1. The first-order valence-electron chi connectivity index (χ1n) is 3.33. The van der Waals surface area contributed by atoms with Crippen LogP contribution in [0.5, 0.6) is 0 Å². The van der Waals surface area contributed by atoms with Crippen molar-refractivity contribution < 1.29 is 5.21 Å². The molecule has 3 heteroatoms. The van der Waals surface area contributed by atoms with Crippen LogP contribution in [-0.2, 0) is 6.42 Å². The van der Waals surface area contributed by atoms with Gasteiger partial charge in [0.1, 0.15) is 0 Å². The van der Waals surface area contributed by atoms with Crippen LogP contribution in [0, 0.1) is 0 Å². The summed E-state index contributed by atoms with van der Waals surface area (Å²) in [5.41, 5.74) is 2.96. The molecule has 0 spiro atoms. The second-order valence-electron chi connectivity index (χ2n) is 2.12. The number of rotatable bonds is 3. The van der Waals surface area contributed by atoms with Gasteiger partial charge in [0, 0.05) is 11.8 Å². The number of aromatic nitrogens is 1. The molecule has 0 bridgehead atoms. The summed E-state index contributed by atoms with van der Waals surface area (Å²) >= 11 is 0. The van der Waals surface area contributed by atoms with Gasteiger partial charge < -0.3 is 0 Å². The van der Waals surface area contributed by atoms with Crippen molar-refractivity contribution in [2.45, 2.75) is 6.42 Å². The van der Waals surface area contributed by atoms with Gasteiger partial charge in [0.15, 0.2) is 5.82 Å². The van der Waals surface area contributed by atoms with Gasteiger partial charge >= 0.3 is 0 Å². The van der Waals surface area contributed by atoms with Crippen molar-refractivity contribution in [2.24, 2.45) is 0 Å². The van der Waals surface area contributed by atoms with Gasteiger partial charge in [-0.3, -0.25) is 10.7 Å². The van der Waals surface area contributed by atoms with Crippen molar-refractivity contribution in [3.8, 4) is 0 Å². The van der Waals surface area contributed by atoms with E-state index in [1.807, 2.05) is 17.6 Å². The summed E-state index contributed by atoms with van der Waals surface area (Å²) in [6.45, 7) is 3.59. The van der Waals surface area contributed by atoms with Crippen molar-refractivity contribution in [1.29, 1.82) is 0 Å². The molecule has 0 aliphatic heterocycles. The summed E-state index contributed by atoms with van der Waals surface area (Å²) < 4.78 is 0. The lowest BCUT2D eigenvalue weighted by Crippen LogP contribution is -1.97. The van der Waals surface area contributed by atoms with E-state index in [2.05, 4.69) is 11.6 Å². The second-order valence-corrected chi connectivity index (χ2v) is 2.12. The van der Waals surface area contributed by atoms with Crippen molar-refractivity contribution >= 4 is 5.82 Å². The molecule has 0 radical (unpaired) electrons. The Balaban J connectivity index is 2.92. The Hall–Kier alpha value is -1.35. The molecule has 0 fully saturated rings. The van der Waals surface area contributed by atoms with Gasteiger partial charge in [-0.2, -0.15) is 0 Å². The molecular weight excluding hydrogens is 140 g/mol. The van der Waals surface area contributed by atoms with Gasteiger partial charge in [0.2, 0.25) is 0 Å². The largest absolute Gasteiger partial charge is 0.290 e. The molecule has 0 aliphatic carbocycles. The van der Waals surface area contributed by atoms with E-state index in [9.17, 15) is 0 Å². The number of pyridine rings is 1. The third-order valence-corrected chi connectivity index (χ3v) is 1.36. The molecule has 1 rings (SSSR count). The second kappa shape index (κ2) is 3.73. The Morgan fingerprint density at radius 3 is 3.18 bits per heavy atom. The van der Waals surface area contributed by atoms with Gasteiger partial charge in [-0.05, 0) is 12.5 Å². The molecular formula is C8H10N2O. The van der Waals surface area contributed by atoms with Gasteiger partial charge in [-0.25, -0.2) is 4.98 Å². The smallest absolute Gasteiger partial charge is 0.152 e. The molecule has 0 atom stereocenters. The molecule has 0 amide bonds. The van der Waals surface area contributed by atoms with E-state index in [0.29, 0.717) is 12.2 Å². The lowest BCUT2D eigenvalue weighted by atomic mass is 10.2. The minimum absolute atomic E-state index is 0.493. The molecule has 1 aromatic rings. The zero-order valence-electron chi connectivity index (χ0n) is 6.12. The highest BCUT2D eigenvalue weighted by molar-refractivity contribution is 5.42. The molecule has 2 N–H and O–H groups in total. The van der Waals surface area contributed by atoms with E-state index >= 15 is 0 Å². The Morgan fingerprint density at radius 2 is 2.55 bits per heavy atom. The molecule has 0 aromatic carbocycles. The summed E-state index contributed by atoms with van der Waals surface area (Å²) in [4.78, 5) is 3.91. The first-order chi connectivity index (χ1) is 5.38. The zero-order valence-corrected chi connectivity index (χ0v) is 6.12. The molecule has 58 valence electrons. The summed E-state index contributed by atoms with van der Waals surface area (Å²) in [6, 6.07) is 3.70. The fourth-order valence-corrected chi connectivity index (χ4v) is 0.859. The Bertz CT molecular complexity index is 248. The number of allylic oxidation sites excluding steroid dienone is 1. The maximum absolute atomic E-state index is 8.60. The fraction of sp³-hybridized carbons (Fsp3) is 0.125. The van der Waals surface area contributed by atoms with Crippen molar-refractivity contribution in [1.82, 2.24) is 4.98 Å². The van der Waals surface area contributed by atoms with Crippen LogP contribution in [0.3, 0.4) is 0 Å². The van der Waals surface area contributed by atoms with Gasteiger partial charge in [0.05, 0.1) is 0 Å². The highest BCUT2D eigenvalue weighted by Gasteiger charge is 1.97. The highest BCUT2D eigenvalue weighted by Crippen LogP contribution is 2.10. The Kier molecular flexibility index (Phi) is 2.63. The predicted molar refractivity (Wildman–Crippen MR) is 43.5 cm³/mol.